The van der Waals surface area contributed by atoms with Crippen molar-refractivity contribution in [2.75, 3.05) is 31.6 Å². The molecule has 1 aliphatic carbocycles. The van der Waals surface area contributed by atoms with Crippen LogP contribution in [0.15, 0.2) is 30.3 Å². The number of benzene rings is 1. The van der Waals surface area contributed by atoms with E-state index >= 15 is 0 Å². The van der Waals surface area contributed by atoms with E-state index in [1.54, 1.807) is 12.1 Å². The van der Waals surface area contributed by atoms with Gasteiger partial charge >= 0.3 is 5.97 Å². The van der Waals surface area contributed by atoms with Crippen LogP contribution in [0.1, 0.15) is 72.9 Å². The van der Waals surface area contributed by atoms with Crippen LogP contribution < -0.4 is 5.32 Å². The van der Waals surface area contributed by atoms with E-state index in [0.717, 1.165) is 63.0 Å². The number of halogens is 1. The van der Waals surface area contributed by atoms with Crippen LogP contribution >= 0.6 is 0 Å². The fourth-order valence-electron chi connectivity index (χ4n) is 5.21. The number of hydrogen-bond donors (Lipinski definition) is 2. The molecular formula is C27H34FN3O3. The van der Waals surface area contributed by atoms with Crippen LogP contribution in [-0.4, -0.2) is 53.3 Å². The number of carbonyl (C=O) groups is 1. The highest BCUT2D eigenvalue weighted by molar-refractivity contribution is 5.76. The molecule has 3 aliphatic rings. The Morgan fingerprint density at radius 1 is 1.21 bits per heavy atom. The Labute approximate surface area is 200 Å². The second-order valence-electron chi connectivity index (χ2n) is 9.86. The summed E-state index contributed by atoms with van der Waals surface area (Å²) in [5, 5.41) is 13.3. The number of hydrogen-bond acceptors (Lipinski definition) is 5. The Balaban J connectivity index is 1.03. The number of nitrogens with zero attached hydrogens (tertiary/aromatic N) is 2. The molecule has 1 atom stereocenters. The second-order valence-corrected chi connectivity index (χ2v) is 9.86. The number of likely N-dealkylation sites (tertiary alicyclic amines) is 1. The molecule has 3 heterocycles. The fourth-order valence-corrected chi connectivity index (χ4v) is 5.21. The lowest BCUT2D eigenvalue weighted by Crippen LogP contribution is -2.55. The van der Waals surface area contributed by atoms with Crippen molar-refractivity contribution in [2.45, 2.75) is 69.4 Å². The summed E-state index contributed by atoms with van der Waals surface area (Å²) in [6, 6.07) is 8.39. The Morgan fingerprint density at radius 2 is 2.06 bits per heavy atom. The summed E-state index contributed by atoms with van der Waals surface area (Å²) in [6.45, 7) is 2.84. The zero-order valence-electron chi connectivity index (χ0n) is 19.6. The molecule has 6 nitrogen and oxygen atoms in total. The topological polar surface area (TPSA) is 74.7 Å². The van der Waals surface area contributed by atoms with E-state index in [0.29, 0.717) is 30.8 Å². The molecule has 2 N–H and O–H groups in total. The number of fused-ring (bicyclic) bond motifs is 1. The summed E-state index contributed by atoms with van der Waals surface area (Å²) in [4.78, 5) is 18.7. The first-order chi connectivity index (χ1) is 16.6. The molecule has 0 bridgehead atoms. The normalized spacial score (nSPS) is 19.2. The van der Waals surface area contributed by atoms with Gasteiger partial charge in [0.1, 0.15) is 17.7 Å². The van der Waals surface area contributed by atoms with Crippen LogP contribution in [-0.2, 0) is 22.4 Å². The molecule has 182 valence electrons. The maximum atomic E-state index is 14.4. The van der Waals surface area contributed by atoms with E-state index in [1.807, 2.05) is 4.90 Å². The molecule has 2 aliphatic heterocycles. The summed E-state index contributed by atoms with van der Waals surface area (Å²) < 4.78 is 20.4. The molecule has 2 fully saturated rings. The first kappa shape index (κ1) is 23.2. The quantitative estimate of drug-likeness (QED) is 0.467. The summed E-state index contributed by atoms with van der Waals surface area (Å²) in [6.07, 6.45) is 8.33. The molecule has 34 heavy (non-hydrogen) atoms. The van der Waals surface area contributed by atoms with Crippen molar-refractivity contribution in [3.8, 4) is 0 Å². The van der Waals surface area contributed by atoms with Crippen molar-refractivity contribution < 1.29 is 19.0 Å². The number of aliphatic carboxylic acids is 1. The van der Waals surface area contributed by atoms with Gasteiger partial charge in [0.25, 0.3) is 0 Å². The number of anilines is 1. The van der Waals surface area contributed by atoms with Crippen molar-refractivity contribution in [3.05, 3.63) is 58.5 Å². The maximum absolute atomic E-state index is 14.4. The van der Waals surface area contributed by atoms with Gasteiger partial charge in [-0.1, -0.05) is 24.6 Å². The van der Waals surface area contributed by atoms with Crippen molar-refractivity contribution in [1.29, 1.82) is 0 Å². The lowest BCUT2D eigenvalue weighted by Gasteiger charge is -2.42. The minimum absolute atomic E-state index is 0.0492. The van der Waals surface area contributed by atoms with Gasteiger partial charge in [0.15, 0.2) is 0 Å². The van der Waals surface area contributed by atoms with Crippen LogP contribution in [0.25, 0.3) is 0 Å². The molecule has 0 amide bonds. The minimum atomic E-state index is -0.920. The van der Waals surface area contributed by atoms with Crippen LogP contribution in [0.4, 0.5) is 10.2 Å². The largest absolute Gasteiger partial charge is 0.480 e. The van der Waals surface area contributed by atoms with Crippen LogP contribution in [0, 0.1) is 5.82 Å². The molecule has 7 heteroatoms. The van der Waals surface area contributed by atoms with Crippen LogP contribution in [0.5, 0.6) is 0 Å². The predicted octanol–water partition coefficient (Wildman–Crippen LogP) is 4.70. The standard InChI is InChI=1S/C27H34FN3O3/c28-23-9-4-8-22(24(23)18-10-11-18)25(27(32)33)31-16-21(17-31)34-15-3-1-2-7-20-13-12-19-6-5-14-29-26(19)30-20/h4,8-9,12-13,18,21,25H,1-3,5-7,10-11,14-17H2,(H,29,30)(H,32,33). The average molecular weight is 468 g/mol. The summed E-state index contributed by atoms with van der Waals surface area (Å²) in [5.74, 6) is 0.0290. The Bertz CT molecular complexity index is 1020. The zero-order chi connectivity index (χ0) is 23.5. The smallest absolute Gasteiger partial charge is 0.325 e. The van der Waals surface area contributed by atoms with Gasteiger partial charge in [0.05, 0.1) is 6.10 Å². The van der Waals surface area contributed by atoms with Gasteiger partial charge in [-0.25, -0.2) is 9.37 Å². The molecular weight excluding hydrogens is 433 g/mol. The van der Waals surface area contributed by atoms with E-state index in [-0.39, 0.29) is 17.8 Å². The summed E-state index contributed by atoms with van der Waals surface area (Å²) in [7, 11) is 0. The number of carboxylic acids is 1. The van der Waals surface area contributed by atoms with Crippen molar-refractivity contribution in [2.24, 2.45) is 0 Å². The first-order valence-corrected chi connectivity index (χ1v) is 12.7. The third-order valence-electron chi connectivity index (χ3n) is 7.22. The van der Waals surface area contributed by atoms with E-state index < -0.39 is 12.0 Å². The molecule has 2 aromatic rings. The number of unbranched alkanes of at least 4 members (excludes halogenated alkanes) is 2. The highest BCUT2D eigenvalue weighted by Crippen LogP contribution is 2.45. The monoisotopic (exact) mass is 467 g/mol. The van der Waals surface area contributed by atoms with Crippen LogP contribution in [0.3, 0.4) is 0 Å². The van der Waals surface area contributed by atoms with Gasteiger partial charge in [-0.15, -0.1) is 0 Å². The van der Waals surface area contributed by atoms with E-state index in [4.69, 9.17) is 9.72 Å². The predicted molar refractivity (Wildman–Crippen MR) is 129 cm³/mol. The lowest BCUT2D eigenvalue weighted by atomic mass is 9.93. The Morgan fingerprint density at radius 3 is 2.85 bits per heavy atom. The fraction of sp³-hybridized carbons (Fsp3) is 0.556. The van der Waals surface area contributed by atoms with E-state index in [2.05, 4.69) is 17.4 Å². The molecule has 0 radical (unpaired) electrons. The highest BCUT2D eigenvalue weighted by Gasteiger charge is 2.41. The number of carboxylic acid groups (broad SMARTS) is 1. The number of pyridine rings is 1. The van der Waals surface area contributed by atoms with E-state index in [9.17, 15) is 14.3 Å². The zero-order valence-corrected chi connectivity index (χ0v) is 19.6. The van der Waals surface area contributed by atoms with Gasteiger partial charge in [-0.05, 0) is 79.7 Å². The van der Waals surface area contributed by atoms with Gasteiger partial charge in [0.2, 0.25) is 0 Å². The number of nitrogens with one attached hydrogen (secondary N) is 1. The van der Waals surface area contributed by atoms with E-state index in [1.165, 1.54) is 18.1 Å². The molecule has 0 spiro atoms. The van der Waals surface area contributed by atoms with Gasteiger partial charge in [-0.2, -0.15) is 0 Å². The summed E-state index contributed by atoms with van der Waals surface area (Å²) in [5.41, 5.74) is 3.68. The maximum Gasteiger partial charge on any atom is 0.325 e. The Kier molecular flexibility index (Phi) is 7.11. The molecule has 1 unspecified atom stereocenters. The third kappa shape index (κ3) is 5.26. The number of aromatic nitrogens is 1. The van der Waals surface area contributed by atoms with Crippen molar-refractivity contribution in [3.63, 3.8) is 0 Å². The highest BCUT2D eigenvalue weighted by atomic mass is 19.1. The van der Waals surface area contributed by atoms with Gasteiger partial charge < -0.3 is 15.2 Å². The SMILES string of the molecule is O=C(O)C(c1cccc(F)c1C1CC1)N1CC(OCCCCCc2ccc3c(n2)NCCC3)C1. The second kappa shape index (κ2) is 10.4. The molecule has 1 aromatic carbocycles. The molecule has 5 rings (SSSR count). The number of aryl methyl sites for hydroxylation is 2. The molecule has 1 saturated heterocycles. The van der Waals surface area contributed by atoms with Gasteiger partial charge in [0, 0.05) is 31.9 Å². The minimum Gasteiger partial charge on any atom is -0.480 e. The van der Waals surface area contributed by atoms with Gasteiger partial charge in [-0.3, -0.25) is 9.69 Å². The van der Waals surface area contributed by atoms with Crippen molar-refractivity contribution in [1.82, 2.24) is 9.88 Å². The summed E-state index contributed by atoms with van der Waals surface area (Å²) >= 11 is 0. The third-order valence-corrected chi connectivity index (χ3v) is 7.22. The average Bonchev–Trinajstić information content (AvgIpc) is 3.64. The number of ether oxygens (including phenoxy) is 1. The number of rotatable bonds is 11. The first-order valence-electron chi connectivity index (χ1n) is 12.7. The van der Waals surface area contributed by atoms with Crippen molar-refractivity contribution >= 4 is 11.8 Å². The van der Waals surface area contributed by atoms with Crippen LogP contribution in [0.2, 0.25) is 0 Å². The lowest BCUT2D eigenvalue weighted by molar-refractivity contribution is -0.151. The Hall–Kier alpha value is -2.51. The molecule has 1 saturated carbocycles. The molecule has 1 aromatic heterocycles.